The van der Waals surface area contributed by atoms with E-state index in [9.17, 15) is 0 Å². The maximum absolute atomic E-state index is 4.20. The van der Waals surface area contributed by atoms with Gasteiger partial charge >= 0.3 is 0 Å². The van der Waals surface area contributed by atoms with E-state index < -0.39 is 0 Å². The topological polar surface area (TPSA) is 29.9 Å². The summed E-state index contributed by atoms with van der Waals surface area (Å²) in [6, 6.07) is 0.666. The fourth-order valence-electron chi connectivity index (χ4n) is 1.70. The van der Waals surface area contributed by atoms with Crippen molar-refractivity contribution in [3.63, 3.8) is 0 Å². The molecule has 0 amide bonds. The number of hydrogen-bond donors (Lipinski definition) is 1. The van der Waals surface area contributed by atoms with Gasteiger partial charge in [0.25, 0.3) is 0 Å². The summed E-state index contributed by atoms with van der Waals surface area (Å²) in [7, 11) is 2.04. The summed E-state index contributed by atoms with van der Waals surface area (Å²) in [5.41, 5.74) is 0. The zero-order chi connectivity index (χ0) is 10.4. The molecule has 80 valence electrons. The molecule has 3 heteroatoms. The van der Waals surface area contributed by atoms with Crippen LogP contribution in [0.4, 0.5) is 0 Å². The van der Waals surface area contributed by atoms with Crippen LogP contribution in [0.2, 0.25) is 0 Å². The summed E-state index contributed by atoms with van der Waals surface area (Å²) in [6.07, 6.45) is 7.58. The lowest BCUT2D eigenvalue weighted by Gasteiger charge is -2.13. The predicted molar refractivity (Wildman–Crippen MR) is 59.3 cm³/mol. The molecule has 0 aliphatic heterocycles. The van der Waals surface area contributed by atoms with E-state index >= 15 is 0 Å². The molecule has 0 spiro atoms. The molecule has 1 heterocycles. The second kappa shape index (κ2) is 5.81. The lowest BCUT2D eigenvalue weighted by molar-refractivity contribution is 0.466. The fourth-order valence-corrected chi connectivity index (χ4v) is 1.70. The van der Waals surface area contributed by atoms with E-state index in [1.165, 1.54) is 19.3 Å². The number of imidazole rings is 1. The van der Waals surface area contributed by atoms with Gasteiger partial charge in [0.2, 0.25) is 0 Å². The number of aryl methyl sites for hydroxylation is 2. The van der Waals surface area contributed by atoms with Crippen LogP contribution in [0, 0.1) is 6.92 Å². The normalized spacial score (nSPS) is 13.1. The summed E-state index contributed by atoms with van der Waals surface area (Å²) in [5.74, 6) is 1.11. The van der Waals surface area contributed by atoms with Gasteiger partial charge in [-0.25, -0.2) is 4.98 Å². The van der Waals surface area contributed by atoms with Gasteiger partial charge in [0, 0.05) is 25.0 Å². The summed E-state index contributed by atoms with van der Waals surface area (Å²) in [6.45, 7) is 5.36. The molecule has 1 unspecified atom stereocenters. The molecule has 0 aromatic carbocycles. The van der Waals surface area contributed by atoms with Crippen molar-refractivity contribution in [2.75, 3.05) is 7.05 Å². The maximum Gasteiger partial charge on any atom is 0.105 e. The van der Waals surface area contributed by atoms with Gasteiger partial charge in [-0.1, -0.05) is 6.92 Å². The SMILES string of the molecule is CCC(CCCn1ccnc1C)NC. The van der Waals surface area contributed by atoms with Crippen LogP contribution < -0.4 is 5.32 Å². The van der Waals surface area contributed by atoms with Gasteiger partial charge in [-0.3, -0.25) is 0 Å². The third kappa shape index (κ3) is 3.14. The molecule has 1 atom stereocenters. The van der Waals surface area contributed by atoms with Crippen LogP contribution >= 0.6 is 0 Å². The van der Waals surface area contributed by atoms with Crippen molar-refractivity contribution >= 4 is 0 Å². The molecule has 0 saturated heterocycles. The molecule has 1 aromatic heterocycles. The van der Waals surface area contributed by atoms with Crippen LogP contribution in [-0.4, -0.2) is 22.6 Å². The van der Waals surface area contributed by atoms with Crippen LogP contribution in [-0.2, 0) is 6.54 Å². The van der Waals surface area contributed by atoms with Crippen molar-refractivity contribution in [1.29, 1.82) is 0 Å². The van der Waals surface area contributed by atoms with E-state index in [2.05, 4.69) is 34.9 Å². The van der Waals surface area contributed by atoms with Crippen LogP contribution in [0.1, 0.15) is 32.0 Å². The third-order valence-electron chi connectivity index (χ3n) is 2.78. The Labute approximate surface area is 86.5 Å². The molecule has 1 N–H and O–H groups in total. The first-order valence-electron chi connectivity index (χ1n) is 5.43. The Bertz CT molecular complexity index is 251. The fraction of sp³-hybridized carbons (Fsp3) is 0.727. The highest BCUT2D eigenvalue weighted by atomic mass is 15.0. The van der Waals surface area contributed by atoms with Gasteiger partial charge < -0.3 is 9.88 Å². The van der Waals surface area contributed by atoms with Crippen molar-refractivity contribution in [2.24, 2.45) is 0 Å². The third-order valence-corrected chi connectivity index (χ3v) is 2.78. The minimum Gasteiger partial charge on any atom is -0.335 e. The van der Waals surface area contributed by atoms with Gasteiger partial charge in [-0.15, -0.1) is 0 Å². The molecule has 1 aromatic rings. The molecule has 14 heavy (non-hydrogen) atoms. The largest absolute Gasteiger partial charge is 0.335 e. The monoisotopic (exact) mass is 195 g/mol. The zero-order valence-corrected chi connectivity index (χ0v) is 9.45. The minimum atomic E-state index is 0.666. The van der Waals surface area contributed by atoms with E-state index in [4.69, 9.17) is 0 Å². The second-order valence-electron chi connectivity index (χ2n) is 3.70. The Kier molecular flexibility index (Phi) is 4.66. The highest BCUT2D eigenvalue weighted by Crippen LogP contribution is 2.04. The smallest absolute Gasteiger partial charge is 0.105 e. The molecule has 0 aliphatic rings. The number of nitrogens with zero attached hydrogens (tertiary/aromatic N) is 2. The Morgan fingerprint density at radius 1 is 1.57 bits per heavy atom. The van der Waals surface area contributed by atoms with Gasteiger partial charge in [0.1, 0.15) is 5.82 Å². The Balaban J connectivity index is 2.24. The van der Waals surface area contributed by atoms with Crippen LogP contribution in [0.5, 0.6) is 0 Å². The number of aromatic nitrogens is 2. The van der Waals surface area contributed by atoms with Crippen molar-refractivity contribution in [3.8, 4) is 0 Å². The number of nitrogens with one attached hydrogen (secondary N) is 1. The van der Waals surface area contributed by atoms with Gasteiger partial charge in [0.15, 0.2) is 0 Å². The van der Waals surface area contributed by atoms with E-state index in [0.29, 0.717) is 6.04 Å². The lowest BCUT2D eigenvalue weighted by Crippen LogP contribution is -2.24. The van der Waals surface area contributed by atoms with Gasteiger partial charge in [-0.05, 0) is 33.2 Å². The van der Waals surface area contributed by atoms with Crippen molar-refractivity contribution in [2.45, 2.75) is 45.7 Å². The number of rotatable bonds is 6. The Hall–Kier alpha value is -0.830. The highest BCUT2D eigenvalue weighted by Gasteiger charge is 2.02. The molecular formula is C11H21N3. The molecular weight excluding hydrogens is 174 g/mol. The molecule has 3 nitrogen and oxygen atoms in total. The summed E-state index contributed by atoms with van der Waals surface area (Å²) in [4.78, 5) is 4.20. The molecule has 0 bridgehead atoms. The zero-order valence-electron chi connectivity index (χ0n) is 9.45. The Morgan fingerprint density at radius 2 is 2.36 bits per heavy atom. The van der Waals surface area contributed by atoms with Gasteiger partial charge in [-0.2, -0.15) is 0 Å². The predicted octanol–water partition coefficient (Wildman–Crippen LogP) is 1.97. The second-order valence-corrected chi connectivity index (χ2v) is 3.70. The van der Waals surface area contributed by atoms with E-state index in [1.54, 1.807) is 0 Å². The van der Waals surface area contributed by atoms with E-state index in [1.807, 2.05) is 13.2 Å². The van der Waals surface area contributed by atoms with Crippen LogP contribution in [0.25, 0.3) is 0 Å². The first kappa shape index (κ1) is 11.2. The first-order chi connectivity index (χ1) is 6.77. The number of hydrogen-bond acceptors (Lipinski definition) is 2. The maximum atomic E-state index is 4.20. The molecule has 0 saturated carbocycles. The highest BCUT2D eigenvalue weighted by molar-refractivity contribution is 4.88. The molecule has 1 rings (SSSR count). The average molecular weight is 195 g/mol. The molecule has 0 aliphatic carbocycles. The summed E-state index contributed by atoms with van der Waals surface area (Å²) in [5, 5.41) is 3.32. The van der Waals surface area contributed by atoms with Crippen LogP contribution in [0.3, 0.4) is 0 Å². The standard InChI is InChI=1S/C11H21N3/c1-4-11(12-3)6-5-8-14-9-7-13-10(14)2/h7,9,11-12H,4-6,8H2,1-3H3. The van der Waals surface area contributed by atoms with E-state index in [-0.39, 0.29) is 0 Å². The Morgan fingerprint density at radius 3 is 2.86 bits per heavy atom. The molecule has 0 fully saturated rings. The molecule has 0 radical (unpaired) electrons. The first-order valence-corrected chi connectivity index (χ1v) is 5.43. The average Bonchev–Trinajstić information content (AvgIpc) is 2.59. The lowest BCUT2D eigenvalue weighted by atomic mass is 10.1. The van der Waals surface area contributed by atoms with Crippen molar-refractivity contribution in [3.05, 3.63) is 18.2 Å². The van der Waals surface area contributed by atoms with Crippen LogP contribution in [0.15, 0.2) is 12.4 Å². The summed E-state index contributed by atoms with van der Waals surface area (Å²) >= 11 is 0. The quantitative estimate of drug-likeness (QED) is 0.752. The summed E-state index contributed by atoms with van der Waals surface area (Å²) < 4.78 is 2.21. The minimum absolute atomic E-state index is 0.666. The van der Waals surface area contributed by atoms with Crippen molar-refractivity contribution < 1.29 is 0 Å². The van der Waals surface area contributed by atoms with Gasteiger partial charge in [0.05, 0.1) is 0 Å². The van der Waals surface area contributed by atoms with Crippen molar-refractivity contribution in [1.82, 2.24) is 14.9 Å². The van der Waals surface area contributed by atoms with E-state index in [0.717, 1.165) is 12.4 Å².